The third-order valence-corrected chi connectivity index (χ3v) is 3.30. The van der Waals surface area contributed by atoms with E-state index in [1.54, 1.807) is 12.3 Å². The average Bonchev–Trinajstić information content (AvgIpc) is 2.32. The van der Waals surface area contributed by atoms with Gasteiger partial charge in [0.25, 0.3) is 0 Å². The van der Waals surface area contributed by atoms with Gasteiger partial charge in [0, 0.05) is 36.0 Å². The predicted octanol–water partition coefficient (Wildman–Crippen LogP) is 3.06. The van der Waals surface area contributed by atoms with E-state index in [1.165, 1.54) is 5.56 Å². The van der Waals surface area contributed by atoms with Crippen LogP contribution < -0.4 is 10.6 Å². The number of rotatable bonds is 3. The highest BCUT2D eigenvalue weighted by Crippen LogP contribution is 2.20. The van der Waals surface area contributed by atoms with Crippen molar-refractivity contribution in [2.45, 2.75) is 6.54 Å². The van der Waals surface area contributed by atoms with E-state index in [9.17, 15) is 0 Å². The van der Waals surface area contributed by atoms with E-state index in [1.807, 2.05) is 31.3 Å². The molecule has 1 heterocycles. The lowest BCUT2D eigenvalue weighted by atomic mass is 10.2. The van der Waals surface area contributed by atoms with Crippen LogP contribution >= 0.6 is 15.9 Å². The zero-order chi connectivity index (χ0) is 12.3. The molecule has 1 aromatic heterocycles. The second-order valence-electron chi connectivity index (χ2n) is 3.89. The minimum atomic E-state index is 0.731. The number of hydrogen-bond acceptors (Lipinski definition) is 3. The van der Waals surface area contributed by atoms with Crippen LogP contribution in [0.5, 0.6) is 0 Å². The first kappa shape index (κ1) is 11.9. The molecule has 0 bridgehead atoms. The van der Waals surface area contributed by atoms with Crippen LogP contribution in [0.4, 0.5) is 11.5 Å². The van der Waals surface area contributed by atoms with Gasteiger partial charge in [0.05, 0.1) is 0 Å². The Kier molecular flexibility index (Phi) is 3.64. The molecular weight excluding hydrogens is 278 g/mol. The lowest BCUT2D eigenvalue weighted by Gasteiger charge is -2.19. The molecule has 4 heteroatoms. The summed E-state index contributed by atoms with van der Waals surface area (Å²) in [6.07, 6.45) is 1.72. The number of nitrogens with zero attached hydrogens (tertiary/aromatic N) is 2. The summed E-state index contributed by atoms with van der Waals surface area (Å²) in [7, 11) is 2.00. The highest BCUT2D eigenvalue weighted by Gasteiger charge is 2.05. The first-order valence-corrected chi connectivity index (χ1v) is 6.12. The van der Waals surface area contributed by atoms with E-state index in [4.69, 9.17) is 5.73 Å². The first-order chi connectivity index (χ1) is 8.16. The van der Waals surface area contributed by atoms with Gasteiger partial charge in [-0.05, 0) is 17.7 Å². The van der Waals surface area contributed by atoms with Gasteiger partial charge in [0.1, 0.15) is 5.82 Å². The quantitative estimate of drug-likeness (QED) is 0.945. The highest BCUT2D eigenvalue weighted by molar-refractivity contribution is 9.10. The summed E-state index contributed by atoms with van der Waals surface area (Å²) < 4.78 is 1.11. The molecule has 2 rings (SSSR count). The van der Waals surface area contributed by atoms with Gasteiger partial charge >= 0.3 is 0 Å². The molecule has 0 aliphatic carbocycles. The largest absolute Gasteiger partial charge is 0.399 e. The lowest BCUT2D eigenvalue weighted by Crippen LogP contribution is -2.18. The second kappa shape index (κ2) is 5.19. The Morgan fingerprint density at radius 2 is 2.06 bits per heavy atom. The summed E-state index contributed by atoms with van der Waals surface area (Å²) >= 11 is 3.54. The number of benzene rings is 1. The normalized spacial score (nSPS) is 10.2. The number of pyridine rings is 1. The van der Waals surface area contributed by atoms with Crippen molar-refractivity contribution in [2.75, 3.05) is 17.7 Å². The number of hydrogen-bond donors (Lipinski definition) is 1. The topological polar surface area (TPSA) is 42.1 Å². The third-order valence-electron chi connectivity index (χ3n) is 2.53. The molecule has 0 aliphatic rings. The van der Waals surface area contributed by atoms with E-state index in [-0.39, 0.29) is 0 Å². The summed E-state index contributed by atoms with van der Waals surface area (Å²) in [4.78, 5) is 6.36. The molecule has 0 saturated carbocycles. The zero-order valence-corrected chi connectivity index (χ0v) is 11.2. The van der Waals surface area contributed by atoms with Crippen LogP contribution in [-0.4, -0.2) is 12.0 Å². The molecule has 0 unspecified atom stereocenters. The van der Waals surface area contributed by atoms with Gasteiger partial charge in [-0.3, -0.25) is 0 Å². The highest BCUT2D eigenvalue weighted by atomic mass is 79.9. The van der Waals surface area contributed by atoms with Gasteiger partial charge in [0.2, 0.25) is 0 Å². The number of nitrogen functional groups attached to an aromatic ring is 1. The summed E-state index contributed by atoms with van der Waals surface area (Å²) in [5, 5.41) is 0. The monoisotopic (exact) mass is 291 g/mol. The van der Waals surface area contributed by atoms with Crippen molar-refractivity contribution in [1.82, 2.24) is 4.98 Å². The third kappa shape index (κ3) is 2.97. The number of halogens is 1. The Morgan fingerprint density at radius 1 is 1.29 bits per heavy atom. The van der Waals surface area contributed by atoms with Crippen LogP contribution in [0, 0.1) is 0 Å². The molecule has 0 saturated heterocycles. The van der Waals surface area contributed by atoms with Crippen LogP contribution in [0.2, 0.25) is 0 Å². The molecule has 1 aromatic carbocycles. The van der Waals surface area contributed by atoms with Crippen LogP contribution in [0.15, 0.2) is 47.1 Å². The second-order valence-corrected chi connectivity index (χ2v) is 4.75. The Bertz CT molecular complexity index is 514. The van der Waals surface area contributed by atoms with Gasteiger partial charge < -0.3 is 10.6 Å². The molecule has 3 nitrogen and oxygen atoms in total. The number of anilines is 2. The molecule has 0 spiro atoms. The van der Waals surface area contributed by atoms with E-state index >= 15 is 0 Å². The Morgan fingerprint density at radius 3 is 2.76 bits per heavy atom. The number of aromatic nitrogens is 1. The predicted molar refractivity (Wildman–Crippen MR) is 74.9 cm³/mol. The molecule has 0 amide bonds. The van der Waals surface area contributed by atoms with E-state index in [0.717, 1.165) is 22.5 Å². The van der Waals surface area contributed by atoms with Crippen molar-refractivity contribution in [3.05, 3.63) is 52.6 Å². The molecule has 0 radical (unpaired) electrons. The van der Waals surface area contributed by atoms with Crippen molar-refractivity contribution in [3.8, 4) is 0 Å². The Hall–Kier alpha value is -1.55. The summed E-state index contributed by atoms with van der Waals surface area (Å²) in [5.41, 5.74) is 7.70. The van der Waals surface area contributed by atoms with Crippen LogP contribution in [0.1, 0.15) is 5.56 Å². The van der Waals surface area contributed by atoms with Crippen LogP contribution in [0.25, 0.3) is 0 Å². The fourth-order valence-corrected chi connectivity index (χ4v) is 2.02. The minimum Gasteiger partial charge on any atom is -0.399 e. The summed E-state index contributed by atoms with van der Waals surface area (Å²) in [6, 6.07) is 11.8. The van der Waals surface area contributed by atoms with Gasteiger partial charge in [0.15, 0.2) is 0 Å². The molecule has 88 valence electrons. The van der Waals surface area contributed by atoms with Crippen molar-refractivity contribution in [3.63, 3.8) is 0 Å². The van der Waals surface area contributed by atoms with Crippen molar-refractivity contribution in [1.29, 1.82) is 0 Å². The fourth-order valence-electron chi connectivity index (χ4n) is 1.61. The molecule has 17 heavy (non-hydrogen) atoms. The van der Waals surface area contributed by atoms with Crippen molar-refractivity contribution in [2.24, 2.45) is 0 Å². The summed E-state index contributed by atoms with van der Waals surface area (Å²) in [6.45, 7) is 0.790. The maximum Gasteiger partial charge on any atom is 0.130 e. The van der Waals surface area contributed by atoms with E-state index in [0.29, 0.717) is 0 Å². The molecule has 2 aromatic rings. The lowest BCUT2D eigenvalue weighted by molar-refractivity contribution is 0.894. The molecule has 0 atom stereocenters. The van der Waals surface area contributed by atoms with Crippen LogP contribution in [0.3, 0.4) is 0 Å². The smallest absolute Gasteiger partial charge is 0.130 e. The first-order valence-electron chi connectivity index (χ1n) is 5.33. The van der Waals surface area contributed by atoms with Gasteiger partial charge in [-0.2, -0.15) is 0 Å². The minimum absolute atomic E-state index is 0.731. The summed E-state index contributed by atoms with van der Waals surface area (Å²) in [5.74, 6) is 0.876. The van der Waals surface area contributed by atoms with E-state index in [2.05, 4.69) is 31.9 Å². The number of nitrogens with two attached hydrogens (primary N) is 1. The molecule has 0 aliphatic heterocycles. The average molecular weight is 292 g/mol. The maximum absolute atomic E-state index is 5.74. The Balaban J connectivity index is 2.17. The van der Waals surface area contributed by atoms with Gasteiger partial charge in [-0.1, -0.05) is 34.1 Å². The van der Waals surface area contributed by atoms with Crippen molar-refractivity contribution >= 4 is 27.4 Å². The van der Waals surface area contributed by atoms with Gasteiger partial charge in [-0.15, -0.1) is 0 Å². The fraction of sp³-hybridized carbons (Fsp3) is 0.154. The molecule has 0 fully saturated rings. The Labute approximate surface area is 109 Å². The molecule has 2 N–H and O–H groups in total. The van der Waals surface area contributed by atoms with Crippen LogP contribution in [-0.2, 0) is 6.54 Å². The van der Waals surface area contributed by atoms with Crippen molar-refractivity contribution < 1.29 is 0 Å². The SMILES string of the molecule is CN(Cc1ccccc1Br)c1cc(N)ccn1. The zero-order valence-electron chi connectivity index (χ0n) is 9.60. The molecular formula is C13H14BrN3. The van der Waals surface area contributed by atoms with Gasteiger partial charge in [-0.25, -0.2) is 4.98 Å². The standard InChI is InChI=1S/C13H14BrN3/c1-17(13-8-11(15)6-7-16-13)9-10-4-2-3-5-12(10)14/h2-8H,9H2,1H3,(H2,15,16). The van der Waals surface area contributed by atoms with E-state index < -0.39 is 0 Å². The maximum atomic E-state index is 5.74.